The molecule has 0 spiro atoms. The van der Waals surface area contributed by atoms with Crippen molar-refractivity contribution in [2.24, 2.45) is 0 Å². The molecule has 3 fully saturated rings. The molecule has 1 amide bonds. The minimum absolute atomic E-state index is 0.0324. The zero-order chi connectivity index (χ0) is 19.2. The van der Waals surface area contributed by atoms with Gasteiger partial charge in [0, 0.05) is 62.9 Å². The average Bonchev–Trinajstić information content (AvgIpc) is 2.79. The van der Waals surface area contributed by atoms with Crippen LogP contribution in [0.15, 0.2) is 12.1 Å². The number of anilines is 1. The van der Waals surface area contributed by atoms with Crippen molar-refractivity contribution in [3.63, 3.8) is 0 Å². The van der Waals surface area contributed by atoms with Crippen LogP contribution in [-0.2, 0) is 4.79 Å². The maximum absolute atomic E-state index is 12.2. The van der Waals surface area contributed by atoms with Crippen LogP contribution < -0.4 is 9.64 Å². The fraction of sp³-hybridized carbons (Fsp3) is 0.750. The van der Waals surface area contributed by atoms with E-state index in [2.05, 4.69) is 20.0 Å². The second-order valence-electron chi connectivity index (χ2n) is 7.83. The van der Waals surface area contributed by atoms with Gasteiger partial charge in [0.2, 0.25) is 5.88 Å². The molecule has 4 rings (SSSR count). The summed E-state index contributed by atoms with van der Waals surface area (Å²) in [5.41, 5.74) is 0. The number of carbonyl (C=O) groups excluding carboxylic acids is 1. The van der Waals surface area contributed by atoms with E-state index in [9.17, 15) is 4.79 Å². The highest BCUT2D eigenvalue weighted by Crippen LogP contribution is 2.24. The third-order valence-corrected chi connectivity index (χ3v) is 7.01. The summed E-state index contributed by atoms with van der Waals surface area (Å²) in [5, 5.41) is 8.51. The summed E-state index contributed by atoms with van der Waals surface area (Å²) in [5.74, 6) is 3.37. The zero-order valence-corrected chi connectivity index (χ0v) is 17.4. The van der Waals surface area contributed by atoms with Crippen molar-refractivity contribution in [2.45, 2.75) is 38.1 Å². The lowest BCUT2D eigenvalue weighted by Gasteiger charge is -2.41. The summed E-state index contributed by atoms with van der Waals surface area (Å²) >= 11 is 1.89. The number of piperazine rings is 1. The van der Waals surface area contributed by atoms with Gasteiger partial charge in [-0.05, 0) is 18.9 Å². The Morgan fingerprint density at radius 2 is 1.75 bits per heavy atom. The standard InChI is InChI=1S/C20H31N5O2S/c26-20(25-12-14-28-15-13-25)16-27-19-7-6-18(21-22-19)24-10-8-23(9-11-24)17-4-2-1-3-5-17/h6-7,17H,1-5,8-16H2. The van der Waals surface area contributed by atoms with E-state index < -0.39 is 0 Å². The van der Waals surface area contributed by atoms with Gasteiger partial charge in [-0.2, -0.15) is 11.8 Å². The van der Waals surface area contributed by atoms with Crippen LogP contribution >= 0.6 is 11.8 Å². The van der Waals surface area contributed by atoms with E-state index in [0.717, 1.165) is 62.6 Å². The molecular formula is C20H31N5O2S. The predicted molar refractivity (Wildman–Crippen MR) is 112 cm³/mol. The second kappa shape index (κ2) is 9.78. The van der Waals surface area contributed by atoms with Gasteiger partial charge in [0.15, 0.2) is 12.4 Å². The zero-order valence-electron chi connectivity index (χ0n) is 16.6. The molecule has 28 heavy (non-hydrogen) atoms. The van der Waals surface area contributed by atoms with Gasteiger partial charge in [-0.15, -0.1) is 10.2 Å². The Bertz CT molecular complexity index is 624. The molecule has 8 heteroatoms. The fourth-order valence-corrected chi connectivity index (χ4v) is 5.26. The van der Waals surface area contributed by atoms with Crippen molar-refractivity contribution in [2.75, 3.05) is 62.3 Å². The molecule has 0 atom stereocenters. The molecule has 3 heterocycles. The van der Waals surface area contributed by atoms with Crippen LogP contribution in [0, 0.1) is 0 Å². The molecule has 0 aromatic carbocycles. The number of hydrogen-bond acceptors (Lipinski definition) is 7. The van der Waals surface area contributed by atoms with Crippen molar-refractivity contribution in [1.82, 2.24) is 20.0 Å². The molecule has 1 aliphatic carbocycles. The number of aromatic nitrogens is 2. The van der Waals surface area contributed by atoms with E-state index in [1.165, 1.54) is 32.1 Å². The summed E-state index contributed by atoms with van der Waals surface area (Å²) in [6.07, 6.45) is 6.90. The Morgan fingerprint density at radius 1 is 1.00 bits per heavy atom. The molecule has 2 aliphatic heterocycles. The van der Waals surface area contributed by atoms with Crippen molar-refractivity contribution < 1.29 is 9.53 Å². The van der Waals surface area contributed by atoms with Gasteiger partial charge in [0.1, 0.15) is 0 Å². The lowest BCUT2D eigenvalue weighted by molar-refractivity contribution is -0.133. The van der Waals surface area contributed by atoms with Crippen molar-refractivity contribution in [3.8, 4) is 5.88 Å². The highest BCUT2D eigenvalue weighted by molar-refractivity contribution is 7.99. The molecular weight excluding hydrogens is 374 g/mol. The second-order valence-corrected chi connectivity index (χ2v) is 9.05. The van der Waals surface area contributed by atoms with E-state index in [1.54, 1.807) is 0 Å². The number of thioether (sulfide) groups is 1. The van der Waals surface area contributed by atoms with Crippen LogP contribution in [0.4, 0.5) is 5.82 Å². The van der Waals surface area contributed by atoms with Crippen LogP contribution in [-0.4, -0.2) is 89.3 Å². The first-order valence-corrected chi connectivity index (χ1v) is 11.8. The summed E-state index contributed by atoms with van der Waals surface area (Å²) in [7, 11) is 0. The van der Waals surface area contributed by atoms with Crippen molar-refractivity contribution >= 4 is 23.5 Å². The molecule has 2 saturated heterocycles. The van der Waals surface area contributed by atoms with E-state index in [1.807, 2.05) is 28.8 Å². The molecule has 1 aromatic rings. The normalized spacial score (nSPS) is 22.3. The number of ether oxygens (including phenoxy) is 1. The Morgan fingerprint density at radius 3 is 2.43 bits per heavy atom. The van der Waals surface area contributed by atoms with Crippen LogP contribution in [0.5, 0.6) is 5.88 Å². The summed E-state index contributed by atoms with van der Waals surface area (Å²) < 4.78 is 5.56. The van der Waals surface area contributed by atoms with Gasteiger partial charge in [0.05, 0.1) is 0 Å². The SMILES string of the molecule is O=C(COc1ccc(N2CCN(C3CCCCC3)CC2)nn1)N1CCSCC1. The maximum Gasteiger partial charge on any atom is 0.260 e. The Balaban J connectivity index is 1.22. The molecule has 0 N–H and O–H groups in total. The van der Waals surface area contributed by atoms with Gasteiger partial charge < -0.3 is 14.5 Å². The number of hydrogen-bond donors (Lipinski definition) is 0. The molecule has 1 aromatic heterocycles. The fourth-order valence-electron chi connectivity index (χ4n) is 4.36. The lowest BCUT2D eigenvalue weighted by atomic mass is 9.94. The molecule has 0 bridgehead atoms. The summed E-state index contributed by atoms with van der Waals surface area (Å²) in [6, 6.07) is 4.57. The Labute approximate surface area is 171 Å². The molecule has 0 radical (unpaired) electrons. The first kappa shape index (κ1) is 19.8. The quantitative estimate of drug-likeness (QED) is 0.741. The van der Waals surface area contributed by atoms with Gasteiger partial charge in [0.25, 0.3) is 5.91 Å². The molecule has 154 valence electrons. The van der Waals surface area contributed by atoms with Gasteiger partial charge in [-0.3, -0.25) is 9.69 Å². The minimum atomic E-state index is 0.0324. The first-order valence-electron chi connectivity index (χ1n) is 10.6. The van der Waals surface area contributed by atoms with Crippen molar-refractivity contribution in [3.05, 3.63) is 12.1 Å². The third-order valence-electron chi connectivity index (χ3n) is 6.06. The third kappa shape index (κ3) is 5.08. The van der Waals surface area contributed by atoms with E-state index in [0.29, 0.717) is 5.88 Å². The van der Waals surface area contributed by atoms with Gasteiger partial charge in [-0.25, -0.2) is 0 Å². The Kier molecular flexibility index (Phi) is 6.90. The van der Waals surface area contributed by atoms with Crippen LogP contribution in [0.1, 0.15) is 32.1 Å². The summed E-state index contributed by atoms with van der Waals surface area (Å²) in [6.45, 7) is 5.86. The first-order chi connectivity index (χ1) is 13.8. The maximum atomic E-state index is 12.2. The van der Waals surface area contributed by atoms with Crippen LogP contribution in [0.3, 0.4) is 0 Å². The lowest BCUT2D eigenvalue weighted by Crippen LogP contribution is -2.51. The smallest absolute Gasteiger partial charge is 0.260 e. The average molecular weight is 406 g/mol. The molecule has 7 nitrogen and oxygen atoms in total. The van der Waals surface area contributed by atoms with E-state index in [4.69, 9.17) is 4.74 Å². The Hall–Kier alpha value is -1.54. The van der Waals surface area contributed by atoms with E-state index in [-0.39, 0.29) is 12.5 Å². The van der Waals surface area contributed by atoms with E-state index >= 15 is 0 Å². The molecule has 3 aliphatic rings. The topological polar surface area (TPSA) is 61.8 Å². The highest BCUT2D eigenvalue weighted by Gasteiger charge is 2.25. The van der Waals surface area contributed by atoms with Crippen molar-refractivity contribution in [1.29, 1.82) is 0 Å². The molecule has 0 unspecified atom stereocenters. The highest BCUT2D eigenvalue weighted by atomic mass is 32.2. The van der Waals surface area contributed by atoms with Crippen LogP contribution in [0.2, 0.25) is 0 Å². The number of amides is 1. The number of carbonyl (C=O) groups is 1. The largest absolute Gasteiger partial charge is 0.466 e. The monoisotopic (exact) mass is 405 g/mol. The summed E-state index contributed by atoms with van der Waals surface area (Å²) in [4.78, 5) is 19.0. The number of rotatable bonds is 5. The number of nitrogens with zero attached hydrogens (tertiary/aromatic N) is 5. The molecule has 1 saturated carbocycles. The predicted octanol–water partition coefficient (Wildman–Crippen LogP) is 1.89. The van der Waals surface area contributed by atoms with Gasteiger partial charge in [-0.1, -0.05) is 19.3 Å². The van der Waals surface area contributed by atoms with Crippen LogP contribution in [0.25, 0.3) is 0 Å². The minimum Gasteiger partial charge on any atom is -0.466 e. The van der Waals surface area contributed by atoms with Gasteiger partial charge >= 0.3 is 0 Å².